The van der Waals surface area contributed by atoms with Gasteiger partial charge in [0.15, 0.2) is 0 Å². The summed E-state index contributed by atoms with van der Waals surface area (Å²) in [6.07, 6.45) is 6.95. The first kappa shape index (κ1) is 19.1. The summed E-state index contributed by atoms with van der Waals surface area (Å²) in [5, 5.41) is 2.70. The van der Waals surface area contributed by atoms with Gasteiger partial charge in [0.25, 0.3) is 5.91 Å². The minimum atomic E-state index is -3.20. The largest absolute Gasteiger partial charge is 0.305 e. The van der Waals surface area contributed by atoms with E-state index in [1.807, 2.05) is 19.1 Å². The van der Waals surface area contributed by atoms with Crippen LogP contribution in [0.15, 0.2) is 36.8 Å². The molecule has 0 bridgehead atoms. The maximum atomic E-state index is 12.4. The lowest BCUT2D eigenvalue weighted by Crippen LogP contribution is -2.35. The minimum absolute atomic E-state index is 0.0820. The van der Waals surface area contributed by atoms with Crippen LogP contribution in [0.2, 0.25) is 0 Å². The SMILES string of the molecule is CCS(=O)(=O)N1CC=C(c2cncc(C(=O)Nc3cc(C)ccn3)n2)CC1. The summed E-state index contributed by atoms with van der Waals surface area (Å²) in [5.41, 5.74) is 2.63. The van der Waals surface area contributed by atoms with Gasteiger partial charge in [-0.15, -0.1) is 0 Å². The number of sulfonamides is 1. The second kappa shape index (κ2) is 7.93. The zero-order valence-electron chi connectivity index (χ0n) is 15.2. The highest BCUT2D eigenvalue weighted by Crippen LogP contribution is 2.22. The molecule has 1 N–H and O–H groups in total. The molecule has 0 spiro atoms. The summed E-state index contributed by atoms with van der Waals surface area (Å²) in [6, 6.07) is 3.61. The molecule has 0 unspecified atom stereocenters. The van der Waals surface area contributed by atoms with Crippen LogP contribution in [0.1, 0.15) is 35.1 Å². The van der Waals surface area contributed by atoms with Crippen molar-refractivity contribution in [1.82, 2.24) is 19.3 Å². The standard InChI is InChI=1S/C18H21N5O3S/c1-3-27(25,26)23-8-5-14(6-9-23)15-11-19-12-16(21-15)18(24)22-17-10-13(2)4-7-20-17/h4-5,7,10-12H,3,6,8-9H2,1-2H3,(H,20,22,24). The van der Waals surface area contributed by atoms with Crippen molar-refractivity contribution in [2.45, 2.75) is 20.3 Å². The average molecular weight is 387 g/mol. The Hall–Kier alpha value is -2.65. The van der Waals surface area contributed by atoms with E-state index in [0.717, 1.165) is 11.1 Å². The van der Waals surface area contributed by atoms with Crippen molar-refractivity contribution in [2.24, 2.45) is 0 Å². The van der Waals surface area contributed by atoms with Crippen LogP contribution in [0, 0.1) is 6.92 Å². The van der Waals surface area contributed by atoms with Gasteiger partial charge in [-0.3, -0.25) is 9.78 Å². The molecule has 0 aromatic carbocycles. The second-order valence-corrected chi connectivity index (χ2v) is 8.46. The summed E-state index contributed by atoms with van der Waals surface area (Å²) < 4.78 is 25.3. The summed E-state index contributed by atoms with van der Waals surface area (Å²) in [6.45, 7) is 4.24. The number of hydrogen-bond donors (Lipinski definition) is 1. The van der Waals surface area contributed by atoms with E-state index in [1.165, 1.54) is 10.5 Å². The van der Waals surface area contributed by atoms with Crippen LogP contribution < -0.4 is 5.32 Å². The second-order valence-electron chi connectivity index (χ2n) is 6.20. The van der Waals surface area contributed by atoms with Crippen molar-refractivity contribution in [3.05, 3.63) is 53.8 Å². The van der Waals surface area contributed by atoms with Gasteiger partial charge in [0.05, 0.1) is 23.8 Å². The van der Waals surface area contributed by atoms with E-state index in [9.17, 15) is 13.2 Å². The van der Waals surface area contributed by atoms with Crippen molar-refractivity contribution in [2.75, 3.05) is 24.2 Å². The van der Waals surface area contributed by atoms with E-state index in [-0.39, 0.29) is 11.4 Å². The predicted octanol–water partition coefficient (Wildman–Crippen LogP) is 1.87. The molecule has 0 fully saturated rings. The van der Waals surface area contributed by atoms with Crippen molar-refractivity contribution in [3.63, 3.8) is 0 Å². The first-order valence-electron chi connectivity index (χ1n) is 8.62. The molecule has 0 radical (unpaired) electrons. The summed E-state index contributed by atoms with van der Waals surface area (Å²) >= 11 is 0. The van der Waals surface area contributed by atoms with Gasteiger partial charge in [-0.1, -0.05) is 6.08 Å². The maximum absolute atomic E-state index is 12.4. The van der Waals surface area contributed by atoms with E-state index in [4.69, 9.17) is 0 Å². The molecular weight excluding hydrogens is 366 g/mol. The Kier molecular flexibility index (Phi) is 5.62. The number of pyridine rings is 1. The van der Waals surface area contributed by atoms with Gasteiger partial charge in [-0.2, -0.15) is 4.31 Å². The molecule has 3 heterocycles. The fourth-order valence-electron chi connectivity index (χ4n) is 2.73. The fraction of sp³-hybridized carbons (Fsp3) is 0.333. The minimum Gasteiger partial charge on any atom is -0.305 e. The summed E-state index contributed by atoms with van der Waals surface area (Å²) in [5.74, 6) is 0.136. The topological polar surface area (TPSA) is 105 Å². The van der Waals surface area contributed by atoms with Gasteiger partial charge in [0.2, 0.25) is 10.0 Å². The number of carbonyl (C=O) groups excluding carboxylic acids is 1. The summed E-state index contributed by atoms with van der Waals surface area (Å²) in [4.78, 5) is 25.0. The molecule has 142 valence electrons. The molecule has 0 saturated carbocycles. The molecule has 2 aromatic heterocycles. The lowest BCUT2D eigenvalue weighted by atomic mass is 10.1. The third-order valence-corrected chi connectivity index (χ3v) is 6.13. The monoisotopic (exact) mass is 387 g/mol. The Morgan fingerprint density at radius 3 is 2.81 bits per heavy atom. The highest BCUT2D eigenvalue weighted by Gasteiger charge is 2.23. The number of rotatable bonds is 5. The van der Waals surface area contributed by atoms with Crippen LogP contribution in [0.4, 0.5) is 5.82 Å². The number of carbonyl (C=O) groups is 1. The van der Waals surface area contributed by atoms with Gasteiger partial charge in [-0.05, 0) is 43.5 Å². The quantitative estimate of drug-likeness (QED) is 0.840. The van der Waals surface area contributed by atoms with Gasteiger partial charge in [-0.25, -0.2) is 18.4 Å². The van der Waals surface area contributed by atoms with Crippen LogP contribution in [0.3, 0.4) is 0 Å². The van der Waals surface area contributed by atoms with E-state index in [0.29, 0.717) is 31.0 Å². The number of amides is 1. The van der Waals surface area contributed by atoms with Gasteiger partial charge in [0.1, 0.15) is 11.5 Å². The molecule has 0 atom stereocenters. The Bertz CT molecular complexity index is 988. The highest BCUT2D eigenvalue weighted by molar-refractivity contribution is 7.89. The van der Waals surface area contributed by atoms with Gasteiger partial charge in [0, 0.05) is 19.3 Å². The number of nitrogens with one attached hydrogen (secondary N) is 1. The van der Waals surface area contributed by atoms with E-state index < -0.39 is 15.9 Å². The fourth-order valence-corrected chi connectivity index (χ4v) is 3.77. The first-order chi connectivity index (χ1) is 12.9. The van der Waals surface area contributed by atoms with Gasteiger partial charge >= 0.3 is 0 Å². The highest BCUT2D eigenvalue weighted by atomic mass is 32.2. The van der Waals surface area contributed by atoms with Crippen LogP contribution in [-0.4, -0.2) is 52.4 Å². The third kappa shape index (κ3) is 4.55. The van der Waals surface area contributed by atoms with E-state index >= 15 is 0 Å². The van der Waals surface area contributed by atoms with E-state index in [1.54, 1.807) is 25.4 Å². The van der Waals surface area contributed by atoms with Crippen LogP contribution in [0.25, 0.3) is 5.57 Å². The number of nitrogens with zero attached hydrogens (tertiary/aromatic N) is 4. The Morgan fingerprint density at radius 2 is 2.15 bits per heavy atom. The normalized spacial score (nSPS) is 15.3. The van der Waals surface area contributed by atoms with Crippen molar-refractivity contribution >= 4 is 27.3 Å². The summed E-state index contributed by atoms with van der Waals surface area (Å²) in [7, 11) is -3.20. The lowest BCUT2D eigenvalue weighted by molar-refractivity contribution is 0.102. The molecule has 8 nitrogen and oxygen atoms in total. The molecule has 1 aliphatic rings. The van der Waals surface area contributed by atoms with E-state index in [2.05, 4.69) is 20.3 Å². The van der Waals surface area contributed by atoms with Crippen molar-refractivity contribution < 1.29 is 13.2 Å². The number of hydrogen-bond acceptors (Lipinski definition) is 6. The molecule has 0 saturated heterocycles. The number of aryl methyl sites for hydroxylation is 1. The Balaban J connectivity index is 1.75. The van der Waals surface area contributed by atoms with Gasteiger partial charge < -0.3 is 5.32 Å². The predicted molar refractivity (Wildman–Crippen MR) is 103 cm³/mol. The van der Waals surface area contributed by atoms with Crippen molar-refractivity contribution in [3.8, 4) is 0 Å². The third-order valence-electron chi connectivity index (χ3n) is 4.28. The molecule has 9 heteroatoms. The molecule has 2 aromatic rings. The number of anilines is 1. The molecule has 1 aliphatic heterocycles. The molecule has 27 heavy (non-hydrogen) atoms. The van der Waals surface area contributed by atoms with Crippen LogP contribution in [0.5, 0.6) is 0 Å². The van der Waals surface area contributed by atoms with Crippen molar-refractivity contribution in [1.29, 1.82) is 0 Å². The number of aromatic nitrogens is 3. The smallest absolute Gasteiger partial charge is 0.277 e. The molecule has 3 rings (SSSR count). The Morgan fingerprint density at radius 1 is 1.33 bits per heavy atom. The molecular formula is C18H21N5O3S. The molecule has 1 amide bonds. The van der Waals surface area contributed by atoms with Crippen LogP contribution in [-0.2, 0) is 10.0 Å². The maximum Gasteiger partial charge on any atom is 0.277 e. The lowest BCUT2D eigenvalue weighted by Gasteiger charge is -2.25. The Labute approximate surface area is 158 Å². The first-order valence-corrected chi connectivity index (χ1v) is 10.2. The zero-order chi connectivity index (χ0) is 19.4. The average Bonchev–Trinajstić information content (AvgIpc) is 2.68. The zero-order valence-corrected chi connectivity index (χ0v) is 16.0. The molecule has 0 aliphatic carbocycles. The van der Waals surface area contributed by atoms with Crippen LogP contribution >= 0.6 is 0 Å².